The van der Waals surface area contributed by atoms with Crippen LogP contribution in [0.1, 0.15) is 35.7 Å². The number of hydrogen-bond acceptors (Lipinski definition) is 3. The fraction of sp³-hybridized carbons (Fsp3) is 0.500. The fourth-order valence-corrected chi connectivity index (χ4v) is 3.00. The average Bonchev–Trinajstić information content (AvgIpc) is 2.49. The Morgan fingerprint density at radius 3 is 2.90 bits per heavy atom. The Morgan fingerprint density at radius 2 is 2.19 bits per heavy atom. The van der Waals surface area contributed by atoms with Gasteiger partial charge in [-0.1, -0.05) is 11.6 Å². The molecule has 1 saturated heterocycles. The molecular weight excluding hydrogens is 334 g/mol. The molecule has 4 nitrogen and oxygen atoms in total. The van der Waals surface area contributed by atoms with Crippen LogP contribution in [0.4, 0.5) is 0 Å². The summed E-state index contributed by atoms with van der Waals surface area (Å²) in [7, 11) is 0. The highest BCUT2D eigenvalue weighted by atomic mass is 79.9. The van der Waals surface area contributed by atoms with Crippen molar-refractivity contribution in [3.05, 3.63) is 33.8 Å². The summed E-state index contributed by atoms with van der Waals surface area (Å²) in [6.45, 7) is 5.27. The van der Waals surface area contributed by atoms with E-state index in [-0.39, 0.29) is 17.8 Å². The number of esters is 1. The van der Waals surface area contributed by atoms with Gasteiger partial charge in [0, 0.05) is 17.6 Å². The van der Waals surface area contributed by atoms with Crippen LogP contribution in [0.2, 0.25) is 0 Å². The summed E-state index contributed by atoms with van der Waals surface area (Å²) in [5, 5.41) is 0. The molecule has 0 N–H and O–H groups in total. The van der Waals surface area contributed by atoms with Crippen LogP contribution >= 0.6 is 15.9 Å². The van der Waals surface area contributed by atoms with E-state index >= 15 is 0 Å². The number of likely N-dealkylation sites (tertiary alicyclic amines) is 1. The molecule has 1 fully saturated rings. The molecule has 1 aliphatic rings. The van der Waals surface area contributed by atoms with Crippen LogP contribution in [0.25, 0.3) is 0 Å². The maximum absolute atomic E-state index is 12.6. The van der Waals surface area contributed by atoms with Gasteiger partial charge in [0.15, 0.2) is 0 Å². The van der Waals surface area contributed by atoms with Gasteiger partial charge in [0.25, 0.3) is 5.91 Å². The molecule has 1 aliphatic heterocycles. The van der Waals surface area contributed by atoms with Gasteiger partial charge in [0.2, 0.25) is 0 Å². The first kappa shape index (κ1) is 16.0. The van der Waals surface area contributed by atoms with E-state index in [1.54, 1.807) is 11.8 Å². The summed E-state index contributed by atoms with van der Waals surface area (Å²) < 4.78 is 5.86. The Hall–Kier alpha value is -1.36. The van der Waals surface area contributed by atoms with E-state index in [9.17, 15) is 9.59 Å². The zero-order chi connectivity index (χ0) is 15.4. The van der Waals surface area contributed by atoms with Crippen molar-refractivity contribution < 1.29 is 14.3 Å². The Bertz CT molecular complexity index is 544. The Kier molecular flexibility index (Phi) is 5.39. The lowest BCUT2D eigenvalue weighted by Gasteiger charge is -2.31. The second kappa shape index (κ2) is 7.07. The van der Waals surface area contributed by atoms with E-state index in [0.717, 1.165) is 22.9 Å². The minimum Gasteiger partial charge on any atom is -0.466 e. The van der Waals surface area contributed by atoms with Crippen molar-refractivity contribution in [2.24, 2.45) is 5.92 Å². The Morgan fingerprint density at radius 1 is 1.43 bits per heavy atom. The van der Waals surface area contributed by atoms with E-state index in [2.05, 4.69) is 15.9 Å². The summed E-state index contributed by atoms with van der Waals surface area (Å²) in [6, 6.07) is 5.72. The van der Waals surface area contributed by atoms with Crippen molar-refractivity contribution in [2.45, 2.75) is 26.7 Å². The predicted octanol–water partition coefficient (Wildman–Crippen LogP) is 3.17. The van der Waals surface area contributed by atoms with Crippen LogP contribution in [-0.4, -0.2) is 36.5 Å². The molecule has 5 heteroatoms. The number of ether oxygens (including phenoxy) is 1. The van der Waals surface area contributed by atoms with E-state index in [0.29, 0.717) is 25.3 Å². The third kappa shape index (κ3) is 3.84. The first-order chi connectivity index (χ1) is 10.0. The molecule has 0 aromatic heterocycles. The molecule has 0 aliphatic carbocycles. The maximum Gasteiger partial charge on any atom is 0.310 e. The topological polar surface area (TPSA) is 46.6 Å². The smallest absolute Gasteiger partial charge is 0.310 e. The monoisotopic (exact) mass is 353 g/mol. The molecule has 0 unspecified atom stereocenters. The highest BCUT2D eigenvalue weighted by Crippen LogP contribution is 2.24. The van der Waals surface area contributed by atoms with Gasteiger partial charge >= 0.3 is 5.97 Å². The van der Waals surface area contributed by atoms with Crippen LogP contribution < -0.4 is 0 Å². The Balaban J connectivity index is 2.12. The number of hydrogen-bond donors (Lipinski definition) is 0. The number of carbonyl (C=O) groups is 2. The lowest BCUT2D eigenvalue weighted by molar-refractivity contribution is -0.149. The van der Waals surface area contributed by atoms with Gasteiger partial charge in [-0.15, -0.1) is 0 Å². The first-order valence-electron chi connectivity index (χ1n) is 7.25. The second-order valence-corrected chi connectivity index (χ2v) is 6.18. The van der Waals surface area contributed by atoms with Gasteiger partial charge in [-0.2, -0.15) is 0 Å². The molecule has 1 atom stereocenters. The number of amides is 1. The van der Waals surface area contributed by atoms with E-state index in [1.165, 1.54) is 0 Å². The highest BCUT2D eigenvalue weighted by molar-refractivity contribution is 9.10. The SMILES string of the molecule is CCOC(=O)[C@@H]1CCCN(C(=O)c2cc(C)ccc2Br)C1. The number of halogens is 1. The van der Waals surface area contributed by atoms with Crippen molar-refractivity contribution in [3.8, 4) is 0 Å². The third-order valence-corrected chi connectivity index (χ3v) is 4.37. The molecule has 1 aromatic carbocycles. The lowest BCUT2D eigenvalue weighted by Crippen LogP contribution is -2.43. The van der Waals surface area contributed by atoms with Crippen LogP contribution in [0.5, 0.6) is 0 Å². The number of rotatable bonds is 3. The van der Waals surface area contributed by atoms with Crippen LogP contribution in [-0.2, 0) is 9.53 Å². The molecule has 1 amide bonds. The average molecular weight is 354 g/mol. The number of piperidine rings is 1. The summed E-state index contributed by atoms with van der Waals surface area (Å²) in [5.74, 6) is -0.427. The third-order valence-electron chi connectivity index (χ3n) is 3.68. The molecule has 2 rings (SSSR count). The molecule has 1 heterocycles. The summed E-state index contributed by atoms with van der Waals surface area (Å²) in [4.78, 5) is 26.3. The molecule has 0 spiro atoms. The summed E-state index contributed by atoms with van der Waals surface area (Å²) in [5.41, 5.74) is 1.69. The minimum absolute atomic E-state index is 0.0282. The van der Waals surface area contributed by atoms with Crippen molar-refractivity contribution in [2.75, 3.05) is 19.7 Å². The zero-order valence-electron chi connectivity index (χ0n) is 12.4. The maximum atomic E-state index is 12.6. The molecule has 0 radical (unpaired) electrons. The number of carbonyl (C=O) groups excluding carboxylic acids is 2. The van der Waals surface area contributed by atoms with Crippen LogP contribution in [0.3, 0.4) is 0 Å². The molecule has 0 saturated carbocycles. The normalized spacial score (nSPS) is 18.4. The van der Waals surface area contributed by atoms with Crippen molar-refractivity contribution in [1.82, 2.24) is 4.90 Å². The van der Waals surface area contributed by atoms with Gasteiger partial charge in [0.05, 0.1) is 18.1 Å². The van der Waals surface area contributed by atoms with Crippen molar-refractivity contribution in [3.63, 3.8) is 0 Å². The van der Waals surface area contributed by atoms with E-state index < -0.39 is 0 Å². The Labute approximate surface area is 133 Å². The van der Waals surface area contributed by atoms with Crippen LogP contribution in [0, 0.1) is 12.8 Å². The van der Waals surface area contributed by atoms with Crippen molar-refractivity contribution in [1.29, 1.82) is 0 Å². The summed E-state index contributed by atoms with van der Waals surface area (Å²) >= 11 is 3.43. The van der Waals surface area contributed by atoms with Gasteiger partial charge in [-0.3, -0.25) is 9.59 Å². The van der Waals surface area contributed by atoms with Crippen molar-refractivity contribution >= 4 is 27.8 Å². The largest absolute Gasteiger partial charge is 0.466 e. The van der Waals surface area contributed by atoms with E-state index in [1.807, 2.05) is 25.1 Å². The lowest BCUT2D eigenvalue weighted by atomic mass is 9.97. The van der Waals surface area contributed by atoms with Gasteiger partial charge in [0.1, 0.15) is 0 Å². The summed E-state index contributed by atoms with van der Waals surface area (Å²) in [6.07, 6.45) is 1.62. The van der Waals surface area contributed by atoms with Crippen LogP contribution in [0.15, 0.2) is 22.7 Å². The fourth-order valence-electron chi connectivity index (χ4n) is 2.59. The quantitative estimate of drug-likeness (QED) is 0.784. The number of benzene rings is 1. The number of nitrogens with zero attached hydrogens (tertiary/aromatic N) is 1. The first-order valence-corrected chi connectivity index (χ1v) is 8.04. The molecule has 21 heavy (non-hydrogen) atoms. The standard InChI is InChI=1S/C16H20BrNO3/c1-3-21-16(20)12-5-4-8-18(10-12)15(19)13-9-11(2)6-7-14(13)17/h6-7,9,12H,3-5,8,10H2,1-2H3/t12-/m1/s1. The second-order valence-electron chi connectivity index (χ2n) is 5.33. The minimum atomic E-state index is -0.203. The highest BCUT2D eigenvalue weighted by Gasteiger charge is 2.30. The molecule has 114 valence electrons. The molecular formula is C16H20BrNO3. The predicted molar refractivity (Wildman–Crippen MR) is 84.1 cm³/mol. The molecule has 1 aromatic rings. The van der Waals surface area contributed by atoms with E-state index in [4.69, 9.17) is 4.74 Å². The van der Waals surface area contributed by atoms with Gasteiger partial charge < -0.3 is 9.64 Å². The zero-order valence-corrected chi connectivity index (χ0v) is 14.0. The molecule has 0 bridgehead atoms. The number of aryl methyl sites for hydroxylation is 1. The van der Waals surface area contributed by atoms with Gasteiger partial charge in [-0.25, -0.2) is 0 Å². The van der Waals surface area contributed by atoms with Gasteiger partial charge in [-0.05, 0) is 54.8 Å².